The van der Waals surface area contributed by atoms with Gasteiger partial charge in [-0.15, -0.1) is 6.42 Å². The number of amides is 1. The average Bonchev–Trinajstić information content (AvgIpc) is 3.72. The molecule has 0 bridgehead atoms. The molecule has 2 saturated heterocycles. The number of anilines is 1. The second-order valence-electron chi connectivity index (χ2n) is 15.0. The molecule has 1 N–H and O–H groups in total. The summed E-state index contributed by atoms with van der Waals surface area (Å²) in [5, 5.41) is 10.9. The van der Waals surface area contributed by atoms with Crippen molar-refractivity contribution in [2.75, 3.05) is 44.7 Å². The first-order valence-electron chi connectivity index (χ1n) is 18.2. The summed E-state index contributed by atoms with van der Waals surface area (Å²) in [7, 11) is 1.98. The van der Waals surface area contributed by atoms with Crippen molar-refractivity contribution in [3.63, 3.8) is 0 Å². The van der Waals surface area contributed by atoms with Crippen LogP contribution in [0.1, 0.15) is 72.2 Å². The smallest absolute Gasteiger partial charge is 0.318 e. The lowest BCUT2D eigenvalue weighted by Gasteiger charge is -2.41. The third kappa shape index (κ3) is 7.14. The van der Waals surface area contributed by atoms with Crippen LogP contribution in [0.5, 0.6) is 6.01 Å². The molecule has 0 radical (unpaired) electrons. The minimum atomic E-state index is -0.996. The highest BCUT2D eigenvalue weighted by atomic mass is 19.1. The van der Waals surface area contributed by atoms with Crippen LogP contribution in [0.15, 0.2) is 49.3 Å². The number of halogens is 2. The van der Waals surface area contributed by atoms with Gasteiger partial charge in [-0.3, -0.25) is 19.6 Å². The Kier molecular flexibility index (Phi) is 10.3. The molecular formula is C40H47F2N7O3. The first kappa shape index (κ1) is 35.9. The highest BCUT2D eigenvalue weighted by Gasteiger charge is 2.43. The van der Waals surface area contributed by atoms with Gasteiger partial charge in [0.25, 0.3) is 0 Å². The van der Waals surface area contributed by atoms with E-state index in [2.05, 4.69) is 32.2 Å². The van der Waals surface area contributed by atoms with E-state index in [1.54, 1.807) is 18.5 Å². The number of nitrogens with zero attached hydrogens (tertiary/aromatic N) is 7. The van der Waals surface area contributed by atoms with Gasteiger partial charge < -0.3 is 19.6 Å². The molecular weight excluding hydrogens is 664 g/mol. The molecule has 274 valence electrons. The zero-order valence-corrected chi connectivity index (χ0v) is 30.0. The van der Waals surface area contributed by atoms with E-state index in [1.807, 2.05) is 31.0 Å². The molecule has 1 amide bonds. The summed E-state index contributed by atoms with van der Waals surface area (Å²) in [4.78, 5) is 35.1. The molecule has 0 unspecified atom stereocenters. The predicted octanol–water partition coefficient (Wildman–Crippen LogP) is 4.39. The van der Waals surface area contributed by atoms with Gasteiger partial charge in [0.1, 0.15) is 24.4 Å². The van der Waals surface area contributed by atoms with Crippen LogP contribution in [-0.4, -0.2) is 104 Å². The van der Waals surface area contributed by atoms with Gasteiger partial charge in [-0.25, -0.2) is 8.78 Å². The fourth-order valence-electron chi connectivity index (χ4n) is 8.74. The zero-order valence-electron chi connectivity index (χ0n) is 30.0. The minimum Gasteiger partial charge on any atom is -0.461 e. The van der Waals surface area contributed by atoms with Crippen LogP contribution in [0.25, 0.3) is 0 Å². The van der Waals surface area contributed by atoms with Gasteiger partial charge in [0.05, 0.1) is 22.9 Å². The molecule has 7 rings (SSSR count). The number of carbonyl (C=O) groups is 1. The van der Waals surface area contributed by atoms with E-state index in [9.17, 15) is 14.3 Å². The normalized spacial score (nSPS) is 26.0. The van der Waals surface area contributed by atoms with Gasteiger partial charge in [-0.05, 0) is 73.9 Å². The molecule has 2 fully saturated rings. The lowest BCUT2D eigenvalue weighted by molar-refractivity contribution is -0.126. The number of hydrogen-bond donors (Lipinski definition) is 1. The Bertz CT molecular complexity index is 1850. The fourth-order valence-corrected chi connectivity index (χ4v) is 8.74. The number of hydrogen-bond acceptors (Lipinski definition) is 9. The Labute approximate surface area is 304 Å². The topological polar surface area (TPSA) is 98.2 Å². The van der Waals surface area contributed by atoms with Crippen molar-refractivity contribution >= 4 is 11.7 Å². The Balaban J connectivity index is 1.19. The van der Waals surface area contributed by atoms with E-state index in [0.29, 0.717) is 65.0 Å². The number of aliphatic hydroxyl groups is 1. The van der Waals surface area contributed by atoms with Crippen molar-refractivity contribution in [3.05, 3.63) is 88.6 Å². The number of ether oxygens (including phenoxy) is 1. The third-order valence-electron chi connectivity index (χ3n) is 11.3. The number of terminal acetylenes is 1. The summed E-state index contributed by atoms with van der Waals surface area (Å²) in [6, 6.07) is 6.87. The number of likely N-dealkylation sites (N-methyl/N-ethyl adjacent to an activating group) is 1. The quantitative estimate of drug-likeness (QED) is 0.243. The lowest BCUT2D eigenvalue weighted by Crippen LogP contribution is -2.45. The van der Waals surface area contributed by atoms with Crippen molar-refractivity contribution in [3.8, 4) is 18.4 Å². The first-order valence-corrected chi connectivity index (χ1v) is 18.2. The monoisotopic (exact) mass is 711 g/mol. The molecule has 1 aliphatic carbocycles. The number of likely N-dealkylation sites (tertiary alicyclic amines) is 2. The van der Waals surface area contributed by atoms with E-state index in [0.717, 1.165) is 46.6 Å². The number of rotatable bonds is 10. The van der Waals surface area contributed by atoms with Crippen LogP contribution < -0.4 is 9.64 Å². The number of pyridine rings is 1. The van der Waals surface area contributed by atoms with Crippen molar-refractivity contribution in [1.29, 1.82) is 0 Å². The van der Waals surface area contributed by atoms with Gasteiger partial charge in [0.2, 0.25) is 5.91 Å². The summed E-state index contributed by atoms with van der Waals surface area (Å²) >= 11 is 0. The van der Waals surface area contributed by atoms with Gasteiger partial charge >= 0.3 is 6.01 Å². The Morgan fingerprint density at radius 1 is 1.29 bits per heavy atom. The summed E-state index contributed by atoms with van der Waals surface area (Å²) in [5.74, 6) is 2.78. The Hall–Kier alpha value is -4.44. The number of benzene rings is 1. The van der Waals surface area contributed by atoms with Gasteiger partial charge in [-0.1, -0.05) is 24.6 Å². The fraction of sp³-hybridized carbons (Fsp3) is 0.500. The second-order valence-corrected chi connectivity index (χ2v) is 15.0. The van der Waals surface area contributed by atoms with Gasteiger partial charge in [0.15, 0.2) is 0 Å². The molecule has 10 nitrogen and oxygen atoms in total. The van der Waals surface area contributed by atoms with E-state index < -0.39 is 23.6 Å². The number of fused-ring (bicyclic) bond motifs is 2. The van der Waals surface area contributed by atoms with Crippen LogP contribution in [-0.2, 0) is 30.7 Å². The summed E-state index contributed by atoms with van der Waals surface area (Å²) < 4.78 is 36.4. The Morgan fingerprint density at radius 2 is 2.13 bits per heavy atom. The molecule has 5 heterocycles. The Morgan fingerprint density at radius 3 is 2.90 bits per heavy atom. The third-order valence-corrected chi connectivity index (χ3v) is 11.3. The molecule has 1 aromatic carbocycles. The molecule has 3 aromatic rings. The highest BCUT2D eigenvalue weighted by Crippen LogP contribution is 2.41. The van der Waals surface area contributed by atoms with Crippen LogP contribution in [0.3, 0.4) is 0 Å². The van der Waals surface area contributed by atoms with Gasteiger partial charge in [0, 0.05) is 82.8 Å². The number of carbonyl (C=O) groups excluding carboxylic acids is 1. The standard InChI is InChI=1S/C40H47F2N7O3/c1-5-31-33(42)12-11-27-17-30(50)18-35(37(27)31)47-16-13-32-34(24-47)44-39(45-38(32)46(4)23-29-10-8-15-49(29)36(51)6-2)52-25-40(3)19-28(41)22-48(40)21-26-9-7-14-43-20-26/h1,6-7,9,11-12,14,20,28-30,35,50H,2,8,10,13,15-19,21-25H2,3-4H3/t28-,29+,30-,35+,40+/m1/s1. The van der Waals surface area contributed by atoms with E-state index >= 15 is 4.39 Å². The lowest BCUT2D eigenvalue weighted by atomic mass is 9.81. The van der Waals surface area contributed by atoms with Crippen LogP contribution in [0.2, 0.25) is 0 Å². The number of aromatic nitrogens is 3. The molecule has 2 aromatic heterocycles. The van der Waals surface area contributed by atoms with Crippen molar-refractivity contribution in [2.45, 2.75) is 88.4 Å². The SMILES string of the molecule is C#Cc1c(F)ccc2c1[C@@H](N1CCc3c(nc(OC[C@]4(C)C[C@@H](F)CN4Cc4cccnc4)nc3N(C)C[C@@H]3CCCN3C(=O)C=C)C1)C[C@H](O)C2. The largest absolute Gasteiger partial charge is 0.461 e. The molecule has 3 aliphatic heterocycles. The van der Waals surface area contributed by atoms with Gasteiger partial charge in [-0.2, -0.15) is 9.97 Å². The maximum Gasteiger partial charge on any atom is 0.318 e. The van der Waals surface area contributed by atoms with Crippen LogP contribution in [0.4, 0.5) is 14.6 Å². The van der Waals surface area contributed by atoms with Crippen molar-refractivity contribution in [1.82, 2.24) is 29.7 Å². The first-order chi connectivity index (χ1) is 25.1. The molecule has 0 saturated carbocycles. The maximum absolute atomic E-state index is 15.0. The summed E-state index contributed by atoms with van der Waals surface area (Å²) in [6.45, 7) is 9.00. The van der Waals surface area contributed by atoms with E-state index in [4.69, 9.17) is 21.1 Å². The summed E-state index contributed by atoms with van der Waals surface area (Å²) in [6.07, 6.45) is 12.7. The minimum absolute atomic E-state index is 0.00260. The van der Waals surface area contributed by atoms with Crippen LogP contribution in [0, 0.1) is 18.2 Å². The molecule has 4 aliphatic rings. The van der Waals surface area contributed by atoms with Crippen LogP contribution >= 0.6 is 0 Å². The van der Waals surface area contributed by atoms with E-state index in [-0.39, 0.29) is 36.2 Å². The molecule has 12 heteroatoms. The van der Waals surface area contributed by atoms with Crippen molar-refractivity contribution < 1.29 is 23.4 Å². The highest BCUT2D eigenvalue weighted by molar-refractivity contribution is 5.87. The average molecular weight is 712 g/mol. The predicted molar refractivity (Wildman–Crippen MR) is 194 cm³/mol. The van der Waals surface area contributed by atoms with E-state index in [1.165, 1.54) is 12.1 Å². The zero-order chi connectivity index (χ0) is 36.6. The molecule has 52 heavy (non-hydrogen) atoms. The summed E-state index contributed by atoms with van der Waals surface area (Å²) in [5.41, 5.74) is 4.00. The number of alkyl halides is 1. The maximum atomic E-state index is 15.0. The number of aliphatic hydroxyl groups excluding tert-OH is 1. The molecule has 5 atom stereocenters. The molecule has 0 spiro atoms. The second kappa shape index (κ2) is 14.9. The van der Waals surface area contributed by atoms with Crippen molar-refractivity contribution in [2.24, 2.45) is 0 Å².